The van der Waals surface area contributed by atoms with Crippen LogP contribution in [-0.4, -0.2) is 65.4 Å². The smallest absolute Gasteiger partial charge is 0.259 e. The van der Waals surface area contributed by atoms with E-state index in [4.69, 9.17) is 9.36 Å². The molecule has 0 saturated carbocycles. The molecule has 138 valence electrons. The number of amides is 1. The number of carbonyl (C=O) groups is 1. The molecule has 3 heterocycles. The van der Waals surface area contributed by atoms with Crippen LogP contribution in [0, 0.1) is 6.92 Å². The summed E-state index contributed by atoms with van der Waals surface area (Å²) in [4.78, 5) is 22.8. The van der Waals surface area contributed by atoms with E-state index in [0.29, 0.717) is 17.7 Å². The zero-order valence-electron chi connectivity index (χ0n) is 15.5. The highest BCUT2D eigenvalue weighted by Gasteiger charge is 2.28. The zero-order chi connectivity index (χ0) is 17.8. The van der Waals surface area contributed by atoms with Crippen molar-refractivity contribution in [2.45, 2.75) is 52.6 Å². The normalized spacial score (nSPS) is 21.8. The van der Waals surface area contributed by atoms with Crippen molar-refractivity contribution in [2.24, 2.45) is 5.16 Å². The molecule has 2 aliphatic heterocycles. The Kier molecular flexibility index (Phi) is 5.73. The maximum atomic E-state index is 12.9. The second-order valence-electron chi connectivity index (χ2n) is 6.80. The first-order valence-electron chi connectivity index (χ1n) is 9.30. The molecule has 1 fully saturated rings. The Morgan fingerprint density at radius 1 is 1.20 bits per heavy atom. The minimum Gasteiger partial charge on any atom is -0.391 e. The molecule has 1 aromatic heterocycles. The van der Waals surface area contributed by atoms with E-state index >= 15 is 0 Å². The molecule has 0 radical (unpaired) electrons. The highest BCUT2D eigenvalue weighted by Crippen LogP contribution is 2.19. The number of carbonyl (C=O) groups excluding carboxylic acids is 1. The topological polar surface area (TPSA) is 71.2 Å². The van der Waals surface area contributed by atoms with Gasteiger partial charge in [0.1, 0.15) is 17.4 Å². The highest BCUT2D eigenvalue weighted by molar-refractivity contribution is 5.96. The summed E-state index contributed by atoms with van der Waals surface area (Å²) < 4.78 is 5.22. The fourth-order valence-electron chi connectivity index (χ4n) is 3.53. The van der Waals surface area contributed by atoms with Crippen LogP contribution in [0.1, 0.15) is 54.9 Å². The first-order chi connectivity index (χ1) is 12.1. The van der Waals surface area contributed by atoms with Crippen LogP contribution < -0.4 is 0 Å². The van der Waals surface area contributed by atoms with Gasteiger partial charge in [-0.05, 0) is 26.2 Å². The molecular weight excluding hydrogens is 320 g/mol. The molecule has 1 amide bonds. The average Bonchev–Trinajstić information content (AvgIpc) is 3.14. The minimum atomic E-state index is 0.0474. The predicted molar refractivity (Wildman–Crippen MR) is 94.8 cm³/mol. The number of hydrogen-bond donors (Lipinski definition) is 0. The van der Waals surface area contributed by atoms with Gasteiger partial charge in [-0.25, -0.2) is 0 Å². The third-order valence-electron chi connectivity index (χ3n) is 5.02. The Morgan fingerprint density at radius 2 is 2.04 bits per heavy atom. The third-order valence-corrected chi connectivity index (χ3v) is 5.02. The Morgan fingerprint density at radius 3 is 2.76 bits per heavy atom. The van der Waals surface area contributed by atoms with Crippen molar-refractivity contribution in [3.05, 3.63) is 17.0 Å². The Labute approximate surface area is 149 Å². The van der Waals surface area contributed by atoms with Gasteiger partial charge < -0.3 is 14.3 Å². The SMILES string of the molecule is CCC1=NOC(CN2CCCN(C(=O)c3c(CC)noc3C)CC2)C1. The second-order valence-corrected chi connectivity index (χ2v) is 6.80. The monoisotopic (exact) mass is 348 g/mol. The lowest BCUT2D eigenvalue weighted by Crippen LogP contribution is -2.38. The van der Waals surface area contributed by atoms with Crippen molar-refractivity contribution >= 4 is 11.6 Å². The molecule has 0 aliphatic carbocycles. The Bertz CT molecular complexity index is 640. The molecule has 3 rings (SSSR count). The van der Waals surface area contributed by atoms with Crippen LogP contribution in [0.25, 0.3) is 0 Å². The van der Waals surface area contributed by atoms with E-state index in [2.05, 4.69) is 22.1 Å². The molecule has 0 spiro atoms. The van der Waals surface area contributed by atoms with Crippen molar-refractivity contribution in [1.82, 2.24) is 15.0 Å². The summed E-state index contributed by atoms with van der Waals surface area (Å²) in [7, 11) is 0. The average molecular weight is 348 g/mol. The first-order valence-corrected chi connectivity index (χ1v) is 9.30. The van der Waals surface area contributed by atoms with Gasteiger partial charge in [0, 0.05) is 39.1 Å². The van der Waals surface area contributed by atoms with Crippen LogP contribution in [0.15, 0.2) is 9.68 Å². The zero-order valence-corrected chi connectivity index (χ0v) is 15.5. The molecule has 1 aromatic rings. The van der Waals surface area contributed by atoms with Crippen LogP contribution >= 0.6 is 0 Å². The van der Waals surface area contributed by atoms with Crippen molar-refractivity contribution in [3.63, 3.8) is 0 Å². The fraction of sp³-hybridized carbons (Fsp3) is 0.722. The van der Waals surface area contributed by atoms with E-state index in [1.807, 2.05) is 18.7 Å². The fourth-order valence-corrected chi connectivity index (χ4v) is 3.53. The molecule has 0 aromatic carbocycles. The van der Waals surface area contributed by atoms with Gasteiger partial charge in [-0.15, -0.1) is 0 Å². The predicted octanol–water partition coefficient (Wildman–Crippen LogP) is 2.25. The molecule has 7 nitrogen and oxygen atoms in total. The molecule has 0 bridgehead atoms. The van der Waals surface area contributed by atoms with Gasteiger partial charge in [-0.1, -0.05) is 24.2 Å². The number of aromatic nitrogens is 1. The maximum Gasteiger partial charge on any atom is 0.259 e. The number of hydrogen-bond acceptors (Lipinski definition) is 6. The summed E-state index contributed by atoms with van der Waals surface area (Å²) >= 11 is 0. The summed E-state index contributed by atoms with van der Waals surface area (Å²) in [5.74, 6) is 0.665. The van der Waals surface area contributed by atoms with E-state index < -0.39 is 0 Å². The number of aryl methyl sites for hydroxylation is 2. The van der Waals surface area contributed by atoms with Crippen molar-refractivity contribution in [3.8, 4) is 0 Å². The number of oxime groups is 1. The van der Waals surface area contributed by atoms with Gasteiger partial charge in [-0.3, -0.25) is 9.69 Å². The van der Waals surface area contributed by atoms with Crippen LogP contribution in [-0.2, 0) is 11.3 Å². The molecule has 1 atom stereocenters. The molecule has 0 N–H and O–H groups in total. The first kappa shape index (κ1) is 17.9. The molecule has 2 aliphatic rings. The van der Waals surface area contributed by atoms with Gasteiger partial charge >= 0.3 is 0 Å². The second kappa shape index (κ2) is 7.99. The Balaban J connectivity index is 1.56. The van der Waals surface area contributed by atoms with E-state index in [1.54, 1.807) is 0 Å². The van der Waals surface area contributed by atoms with Gasteiger partial charge in [0.15, 0.2) is 0 Å². The molecule has 25 heavy (non-hydrogen) atoms. The molecule has 7 heteroatoms. The summed E-state index contributed by atoms with van der Waals surface area (Å²) in [6.07, 6.45) is 3.71. The molecular formula is C18H28N4O3. The van der Waals surface area contributed by atoms with E-state index in [0.717, 1.165) is 63.4 Å². The number of nitrogens with zero attached hydrogens (tertiary/aromatic N) is 4. The lowest BCUT2D eigenvalue weighted by molar-refractivity contribution is 0.0530. The van der Waals surface area contributed by atoms with Crippen molar-refractivity contribution < 1.29 is 14.2 Å². The van der Waals surface area contributed by atoms with Gasteiger partial charge in [0.05, 0.1) is 11.4 Å². The van der Waals surface area contributed by atoms with Crippen LogP contribution in [0.5, 0.6) is 0 Å². The molecule has 1 unspecified atom stereocenters. The van der Waals surface area contributed by atoms with Gasteiger partial charge in [0.25, 0.3) is 5.91 Å². The lowest BCUT2D eigenvalue weighted by atomic mass is 10.1. The van der Waals surface area contributed by atoms with Crippen LogP contribution in [0.2, 0.25) is 0 Å². The lowest BCUT2D eigenvalue weighted by Gasteiger charge is -2.23. The third kappa shape index (κ3) is 4.03. The van der Waals surface area contributed by atoms with E-state index in [9.17, 15) is 4.79 Å². The summed E-state index contributed by atoms with van der Waals surface area (Å²) in [6.45, 7) is 10.1. The maximum absolute atomic E-state index is 12.9. The number of rotatable bonds is 5. The van der Waals surface area contributed by atoms with Crippen LogP contribution in [0.3, 0.4) is 0 Å². The van der Waals surface area contributed by atoms with E-state index in [1.165, 1.54) is 0 Å². The highest BCUT2D eigenvalue weighted by atomic mass is 16.6. The van der Waals surface area contributed by atoms with Gasteiger partial charge in [-0.2, -0.15) is 0 Å². The van der Waals surface area contributed by atoms with Gasteiger partial charge in [0.2, 0.25) is 0 Å². The summed E-state index contributed by atoms with van der Waals surface area (Å²) in [5.41, 5.74) is 2.55. The minimum absolute atomic E-state index is 0.0474. The quantitative estimate of drug-likeness (QED) is 0.816. The standard InChI is InChI=1S/C18H28N4O3/c1-4-14-11-15(25-19-14)12-21-7-6-8-22(10-9-21)18(23)17-13(3)24-20-16(17)5-2/h15H,4-12H2,1-3H3. The largest absolute Gasteiger partial charge is 0.391 e. The summed E-state index contributed by atoms with van der Waals surface area (Å²) in [5, 5.41) is 8.15. The molecule has 1 saturated heterocycles. The Hall–Kier alpha value is -1.89. The van der Waals surface area contributed by atoms with Crippen molar-refractivity contribution in [2.75, 3.05) is 32.7 Å². The summed E-state index contributed by atoms with van der Waals surface area (Å²) in [6, 6.07) is 0. The van der Waals surface area contributed by atoms with Crippen molar-refractivity contribution in [1.29, 1.82) is 0 Å². The van der Waals surface area contributed by atoms with E-state index in [-0.39, 0.29) is 12.0 Å². The van der Waals surface area contributed by atoms with Crippen LogP contribution in [0.4, 0.5) is 0 Å².